The summed E-state index contributed by atoms with van der Waals surface area (Å²) in [5, 5.41) is 0. The van der Waals surface area contributed by atoms with Gasteiger partial charge in [0.15, 0.2) is 6.10 Å². The molecule has 3 nitrogen and oxygen atoms in total. The van der Waals surface area contributed by atoms with Gasteiger partial charge in [-0.05, 0) is 43.3 Å². The molecule has 4 heteroatoms. The molecule has 1 atom stereocenters. The molecular weight excluding hydrogens is 320 g/mol. The summed E-state index contributed by atoms with van der Waals surface area (Å²) in [7, 11) is 0. The van der Waals surface area contributed by atoms with Gasteiger partial charge >= 0.3 is 0 Å². The molecule has 0 spiro atoms. The van der Waals surface area contributed by atoms with E-state index >= 15 is 0 Å². The molecule has 0 aliphatic heterocycles. The maximum absolute atomic E-state index is 12.2. The highest BCUT2D eigenvalue weighted by Crippen LogP contribution is 2.16. The molecule has 0 aromatic heterocycles. The van der Waals surface area contributed by atoms with E-state index in [9.17, 15) is 9.59 Å². The van der Waals surface area contributed by atoms with Crippen LogP contribution in [0.2, 0.25) is 0 Å². The lowest BCUT2D eigenvalue weighted by Gasteiger charge is -2.13. The van der Waals surface area contributed by atoms with Crippen LogP contribution in [0.3, 0.4) is 0 Å². The second kappa shape index (κ2) is 6.48. The standard InChI is InChI=1S/C16H13BrO3/c1-11(16(19)13-4-6-14(17)7-5-13)20-15-8-2-12(10-18)3-9-15/h2-11H,1H3. The molecule has 2 rings (SSSR count). The van der Waals surface area contributed by atoms with Gasteiger partial charge in [0.1, 0.15) is 12.0 Å². The molecule has 0 aliphatic carbocycles. The largest absolute Gasteiger partial charge is 0.483 e. The van der Waals surface area contributed by atoms with Crippen molar-refractivity contribution in [2.45, 2.75) is 13.0 Å². The van der Waals surface area contributed by atoms with E-state index in [1.165, 1.54) is 0 Å². The third-order valence-corrected chi connectivity index (χ3v) is 3.36. The van der Waals surface area contributed by atoms with Crippen LogP contribution in [0.25, 0.3) is 0 Å². The zero-order valence-electron chi connectivity index (χ0n) is 10.9. The van der Waals surface area contributed by atoms with Crippen molar-refractivity contribution in [3.8, 4) is 5.75 Å². The van der Waals surface area contributed by atoms with Gasteiger partial charge in [-0.1, -0.05) is 28.1 Å². The number of carbonyl (C=O) groups is 2. The number of hydrogen-bond donors (Lipinski definition) is 0. The van der Waals surface area contributed by atoms with Crippen molar-refractivity contribution in [3.63, 3.8) is 0 Å². The second-order valence-electron chi connectivity index (χ2n) is 4.32. The van der Waals surface area contributed by atoms with Crippen LogP contribution < -0.4 is 4.74 Å². The first kappa shape index (κ1) is 14.5. The average molecular weight is 333 g/mol. The topological polar surface area (TPSA) is 43.4 Å². The molecule has 0 aliphatic rings. The molecule has 0 heterocycles. The van der Waals surface area contributed by atoms with E-state index in [2.05, 4.69) is 15.9 Å². The Morgan fingerprint density at radius 1 is 1.10 bits per heavy atom. The van der Waals surface area contributed by atoms with Crippen LogP contribution in [0.4, 0.5) is 0 Å². The number of rotatable bonds is 5. The Morgan fingerprint density at radius 3 is 2.25 bits per heavy atom. The Bertz CT molecular complexity index is 603. The van der Waals surface area contributed by atoms with Gasteiger partial charge in [0.05, 0.1) is 0 Å². The summed E-state index contributed by atoms with van der Waals surface area (Å²) in [6.07, 6.45) is 0.179. The molecule has 102 valence electrons. The van der Waals surface area contributed by atoms with Crippen LogP contribution in [-0.2, 0) is 0 Å². The molecule has 0 saturated heterocycles. The Labute approximate surface area is 125 Å². The van der Waals surface area contributed by atoms with Crippen LogP contribution in [0.1, 0.15) is 27.6 Å². The van der Waals surface area contributed by atoms with Crippen molar-refractivity contribution < 1.29 is 14.3 Å². The molecule has 20 heavy (non-hydrogen) atoms. The zero-order chi connectivity index (χ0) is 14.5. The number of halogens is 1. The lowest BCUT2D eigenvalue weighted by Crippen LogP contribution is -2.23. The molecule has 0 bridgehead atoms. The Morgan fingerprint density at radius 2 is 1.70 bits per heavy atom. The van der Waals surface area contributed by atoms with Crippen molar-refractivity contribution >= 4 is 28.0 Å². The summed E-state index contributed by atoms with van der Waals surface area (Å²) < 4.78 is 6.51. The molecule has 0 fully saturated rings. The minimum Gasteiger partial charge on any atom is -0.483 e. The highest BCUT2D eigenvalue weighted by Gasteiger charge is 2.16. The van der Waals surface area contributed by atoms with Gasteiger partial charge in [-0.2, -0.15) is 0 Å². The second-order valence-corrected chi connectivity index (χ2v) is 5.23. The van der Waals surface area contributed by atoms with Crippen LogP contribution >= 0.6 is 15.9 Å². The van der Waals surface area contributed by atoms with Gasteiger partial charge in [-0.15, -0.1) is 0 Å². The maximum Gasteiger partial charge on any atom is 0.202 e. The van der Waals surface area contributed by atoms with Crippen molar-refractivity contribution in [2.75, 3.05) is 0 Å². The predicted molar refractivity (Wildman–Crippen MR) is 80.4 cm³/mol. The number of aldehydes is 1. The van der Waals surface area contributed by atoms with Crippen LogP contribution in [0.15, 0.2) is 53.0 Å². The molecular formula is C16H13BrO3. The first-order chi connectivity index (χ1) is 9.60. The predicted octanol–water partition coefficient (Wildman–Crippen LogP) is 3.91. The number of benzene rings is 2. The minimum atomic E-state index is -0.585. The number of carbonyl (C=O) groups excluding carboxylic acids is 2. The summed E-state index contributed by atoms with van der Waals surface area (Å²) in [6, 6.07) is 13.8. The fourth-order valence-corrected chi connectivity index (χ4v) is 2.00. The average Bonchev–Trinajstić information content (AvgIpc) is 2.48. The highest BCUT2D eigenvalue weighted by molar-refractivity contribution is 9.10. The molecule has 1 unspecified atom stereocenters. The Balaban J connectivity index is 2.06. The van der Waals surface area contributed by atoms with Crippen LogP contribution in [0.5, 0.6) is 5.75 Å². The number of hydrogen-bond acceptors (Lipinski definition) is 3. The van der Waals surface area contributed by atoms with Crippen molar-refractivity contribution in [3.05, 3.63) is 64.1 Å². The fourth-order valence-electron chi connectivity index (χ4n) is 1.73. The van der Waals surface area contributed by atoms with Gasteiger partial charge in [-0.3, -0.25) is 9.59 Å². The van der Waals surface area contributed by atoms with Crippen LogP contribution in [-0.4, -0.2) is 18.2 Å². The quantitative estimate of drug-likeness (QED) is 0.615. The van der Waals surface area contributed by atoms with E-state index in [0.29, 0.717) is 16.9 Å². The summed E-state index contributed by atoms with van der Waals surface area (Å²) in [6.45, 7) is 1.71. The van der Waals surface area contributed by atoms with Crippen molar-refractivity contribution in [1.29, 1.82) is 0 Å². The van der Waals surface area contributed by atoms with Gasteiger partial charge in [-0.25, -0.2) is 0 Å². The first-order valence-corrected chi connectivity index (χ1v) is 6.91. The third kappa shape index (κ3) is 3.54. The van der Waals surface area contributed by atoms with Crippen molar-refractivity contribution in [2.24, 2.45) is 0 Å². The van der Waals surface area contributed by atoms with E-state index in [-0.39, 0.29) is 5.78 Å². The van der Waals surface area contributed by atoms with E-state index < -0.39 is 6.10 Å². The van der Waals surface area contributed by atoms with Gasteiger partial charge in [0.25, 0.3) is 0 Å². The SMILES string of the molecule is CC(Oc1ccc(C=O)cc1)C(=O)c1ccc(Br)cc1. The summed E-state index contributed by atoms with van der Waals surface area (Å²) in [4.78, 5) is 22.7. The normalized spacial score (nSPS) is 11.7. The summed E-state index contributed by atoms with van der Waals surface area (Å²) in [5.41, 5.74) is 1.18. The molecule has 0 N–H and O–H groups in total. The van der Waals surface area contributed by atoms with E-state index in [1.807, 2.05) is 12.1 Å². The van der Waals surface area contributed by atoms with E-state index in [1.54, 1.807) is 43.3 Å². The zero-order valence-corrected chi connectivity index (χ0v) is 12.5. The van der Waals surface area contributed by atoms with Gasteiger partial charge < -0.3 is 4.74 Å². The number of ketones is 1. The Kier molecular flexibility index (Phi) is 4.69. The maximum atomic E-state index is 12.2. The number of ether oxygens (including phenoxy) is 1. The van der Waals surface area contributed by atoms with Crippen molar-refractivity contribution in [1.82, 2.24) is 0 Å². The molecule has 2 aromatic carbocycles. The molecule has 0 radical (unpaired) electrons. The Hall–Kier alpha value is -1.94. The van der Waals surface area contributed by atoms with E-state index in [4.69, 9.17) is 4.74 Å². The molecule has 2 aromatic rings. The number of Topliss-reactive ketones (excluding diaryl/α,β-unsaturated/α-hetero) is 1. The monoisotopic (exact) mass is 332 g/mol. The lowest BCUT2D eigenvalue weighted by molar-refractivity contribution is 0.0818. The molecule has 0 saturated carbocycles. The highest BCUT2D eigenvalue weighted by atomic mass is 79.9. The minimum absolute atomic E-state index is 0.0861. The van der Waals surface area contributed by atoms with Crippen LogP contribution in [0, 0.1) is 0 Å². The van der Waals surface area contributed by atoms with Gasteiger partial charge in [0, 0.05) is 15.6 Å². The first-order valence-electron chi connectivity index (χ1n) is 6.12. The third-order valence-electron chi connectivity index (χ3n) is 2.83. The smallest absolute Gasteiger partial charge is 0.202 e. The summed E-state index contributed by atoms with van der Waals surface area (Å²) >= 11 is 3.33. The van der Waals surface area contributed by atoms with Gasteiger partial charge in [0.2, 0.25) is 5.78 Å². The molecule has 0 amide bonds. The van der Waals surface area contributed by atoms with E-state index in [0.717, 1.165) is 10.8 Å². The fraction of sp³-hybridized carbons (Fsp3) is 0.125. The summed E-state index contributed by atoms with van der Waals surface area (Å²) in [5.74, 6) is 0.477. The lowest BCUT2D eigenvalue weighted by atomic mass is 10.1.